The molecule has 0 aliphatic heterocycles. The fourth-order valence-electron chi connectivity index (χ4n) is 1.98. The van der Waals surface area contributed by atoms with Crippen molar-refractivity contribution in [1.82, 2.24) is 5.32 Å². The Morgan fingerprint density at radius 3 is 2.67 bits per heavy atom. The van der Waals surface area contributed by atoms with Crippen LogP contribution in [0.4, 0.5) is 4.39 Å². The van der Waals surface area contributed by atoms with E-state index in [9.17, 15) is 4.39 Å². The van der Waals surface area contributed by atoms with Gasteiger partial charge in [-0.05, 0) is 17.2 Å². The molecule has 0 aliphatic carbocycles. The number of halogens is 1. The minimum Gasteiger partial charge on any atom is -0.383 e. The molecule has 0 spiro atoms. The van der Waals surface area contributed by atoms with E-state index in [0.29, 0.717) is 13.2 Å². The van der Waals surface area contributed by atoms with Crippen molar-refractivity contribution in [1.29, 1.82) is 0 Å². The molecule has 1 N–H and O–H groups in total. The lowest BCUT2D eigenvalue weighted by molar-refractivity contribution is 0.199. The summed E-state index contributed by atoms with van der Waals surface area (Å²) in [6.07, 6.45) is 0. The molecule has 2 aromatic rings. The van der Waals surface area contributed by atoms with E-state index in [4.69, 9.17) is 4.74 Å². The molecular weight excluding hydrogens is 285 g/mol. The third-order valence-corrected chi connectivity index (χ3v) is 4.30. The van der Waals surface area contributed by atoms with Crippen molar-refractivity contribution in [2.75, 3.05) is 20.3 Å². The lowest BCUT2D eigenvalue weighted by Crippen LogP contribution is -2.19. The zero-order chi connectivity index (χ0) is 14.9. The van der Waals surface area contributed by atoms with Gasteiger partial charge in [-0.2, -0.15) is 0 Å². The monoisotopic (exact) mass is 305 g/mol. The SMILES string of the molecule is COCCNCc1cccc(F)c1SCc1ccccc1. The number of hydrogen-bond acceptors (Lipinski definition) is 3. The molecule has 112 valence electrons. The summed E-state index contributed by atoms with van der Waals surface area (Å²) in [7, 11) is 1.67. The fourth-order valence-corrected chi connectivity index (χ4v) is 3.02. The highest BCUT2D eigenvalue weighted by atomic mass is 32.2. The Balaban J connectivity index is 2.00. The fraction of sp³-hybridized carbons (Fsp3) is 0.294. The normalized spacial score (nSPS) is 10.8. The van der Waals surface area contributed by atoms with Crippen molar-refractivity contribution in [3.8, 4) is 0 Å². The van der Waals surface area contributed by atoms with Crippen LogP contribution in [0.5, 0.6) is 0 Å². The van der Waals surface area contributed by atoms with Gasteiger partial charge in [-0.25, -0.2) is 4.39 Å². The van der Waals surface area contributed by atoms with E-state index in [0.717, 1.165) is 22.8 Å². The van der Waals surface area contributed by atoms with E-state index in [1.54, 1.807) is 24.9 Å². The maximum atomic E-state index is 14.1. The number of nitrogens with one attached hydrogen (secondary N) is 1. The number of rotatable bonds is 8. The highest BCUT2D eigenvalue weighted by Gasteiger charge is 2.09. The summed E-state index contributed by atoms with van der Waals surface area (Å²) in [4.78, 5) is 0.728. The van der Waals surface area contributed by atoms with Crippen molar-refractivity contribution in [3.05, 3.63) is 65.5 Å². The maximum Gasteiger partial charge on any atom is 0.137 e. The van der Waals surface area contributed by atoms with Crippen LogP contribution < -0.4 is 5.32 Å². The Kier molecular flexibility index (Phi) is 6.73. The number of thioether (sulfide) groups is 1. The molecule has 0 amide bonds. The third-order valence-electron chi connectivity index (χ3n) is 3.07. The van der Waals surface area contributed by atoms with Crippen LogP contribution in [-0.2, 0) is 17.0 Å². The first kappa shape index (κ1) is 16.0. The summed E-state index contributed by atoms with van der Waals surface area (Å²) in [5.41, 5.74) is 2.19. The molecule has 0 fully saturated rings. The molecular formula is C17H20FNOS. The number of ether oxygens (including phenoxy) is 1. The van der Waals surface area contributed by atoms with Gasteiger partial charge < -0.3 is 10.1 Å². The molecule has 0 aromatic heterocycles. The molecule has 2 aromatic carbocycles. The lowest BCUT2D eigenvalue weighted by atomic mass is 10.2. The van der Waals surface area contributed by atoms with Gasteiger partial charge in [0.25, 0.3) is 0 Å². The molecule has 0 radical (unpaired) electrons. The molecule has 0 atom stereocenters. The van der Waals surface area contributed by atoms with Crippen LogP contribution >= 0.6 is 11.8 Å². The van der Waals surface area contributed by atoms with E-state index >= 15 is 0 Å². The van der Waals surface area contributed by atoms with Gasteiger partial charge in [0.15, 0.2) is 0 Å². The molecule has 0 bridgehead atoms. The Bertz CT molecular complexity index is 548. The molecule has 0 saturated carbocycles. The van der Waals surface area contributed by atoms with Crippen molar-refractivity contribution in [2.45, 2.75) is 17.2 Å². The molecule has 0 saturated heterocycles. The first-order chi connectivity index (χ1) is 10.3. The molecule has 4 heteroatoms. The highest BCUT2D eigenvalue weighted by Crippen LogP contribution is 2.29. The zero-order valence-corrected chi connectivity index (χ0v) is 13.0. The zero-order valence-electron chi connectivity index (χ0n) is 12.1. The van der Waals surface area contributed by atoms with Crippen LogP contribution in [0, 0.1) is 5.82 Å². The highest BCUT2D eigenvalue weighted by molar-refractivity contribution is 7.98. The summed E-state index contributed by atoms with van der Waals surface area (Å²) in [5, 5.41) is 3.26. The summed E-state index contributed by atoms with van der Waals surface area (Å²) >= 11 is 1.54. The lowest BCUT2D eigenvalue weighted by Gasteiger charge is -2.11. The Morgan fingerprint density at radius 1 is 1.10 bits per heavy atom. The molecule has 0 aliphatic rings. The minimum absolute atomic E-state index is 0.151. The van der Waals surface area contributed by atoms with Gasteiger partial charge in [0.2, 0.25) is 0 Å². The smallest absolute Gasteiger partial charge is 0.137 e. The number of methoxy groups -OCH3 is 1. The molecule has 2 rings (SSSR count). The third kappa shape index (κ3) is 5.16. The second-order valence-electron chi connectivity index (χ2n) is 4.67. The van der Waals surface area contributed by atoms with Gasteiger partial charge in [0.1, 0.15) is 5.82 Å². The van der Waals surface area contributed by atoms with Crippen LogP contribution in [0.25, 0.3) is 0 Å². The Hall–Kier alpha value is -1.36. The van der Waals surface area contributed by atoms with Crippen LogP contribution in [0.1, 0.15) is 11.1 Å². The molecule has 2 nitrogen and oxygen atoms in total. The average molecular weight is 305 g/mol. The number of hydrogen-bond donors (Lipinski definition) is 1. The van der Waals surface area contributed by atoms with Gasteiger partial charge in [-0.1, -0.05) is 42.5 Å². The molecule has 0 unspecified atom stereocenters. The predicted octanol–water partition coefficient (Wildman–Crippen LogP) is 3.85. The van der Waals surface area contributed by atoms with Crippen LogP contribution in [0.3, 0.4) is 0 Å². The van der Waals surface area contributed by atoms with Gasteiger partial charge in [-0.15, -0.1) is 11.8 Å². The van der Waals surface area contributed by atoms with Gasteiger partial charge in [0.05, 0.1) is 6.61 Å². The van der Waals surface area contributed by atoms with Crippen molar-refractivity contribution in [3.63, 3.8) is 0 Å². The Labute approximate surface area is 129 Å². The van der Waals surface area contributed by atoms with E-state index in [-0.39, 0.29) is 5.82 Å². The summed E-state index contributed by atoms with van der Waals surface area (Å²) in [6.45, 7) is 2.07. The van der Waals surface area contributed by atoms with E-state index in [1.165, 1.54) is 11.6 Å². The van der Waals surface area contributed by atoms with Crippen molar-refractivity contribution in [2.24, 2.45) is 0 Å². The standard InChI is InChI=1S/C17H20FNOS/c1-20-11-10-19-12-15-8-5-9-16(18)17(15)21-13-14-6-3-2-4-7-14/h2-9,19H,10-13H2,1H3. The van der Waals surface area contributed by atoms with Crippen LogP contribution in [-0.4, -0.2) is 20.3 Å². The summed E-state index contributed by atoms with van der Waals surface area (Å²) in [5.74, 6) is 0.620. The van der Waals surface area contributed by atoms with Crippen molar-refractivity contribution >= 4 is 11.8 Å². The van der Waals surface area contributed by atoms with Crippen LogP contribution in [0.15, 0.2) is 53.4 Å². The quantitative estimate of drug-likeness (QED) is 0.591. The molecule has 21 heavy (non-hydrogen) atoms. The minimum atomic E-state index is -0.151. The average Bonchev–Trinajstić information content (AvgIpc) is 2.52. The van der Waals surface area contributed by atoms with Gasteiger partial charge in [-0.3, -0.25) is 0 Å². The topological polar surface area (TPSA) is 21.3 Å². The molecule has 0 heterocycles. The van der Waals surface area contributed by atoms with E-state index in [2.05, 4.69) is 17.4 Å². The Morgan fingerprint density at radius 2 is 1.90 bits per heavy atom. The van der Waals surface area contributed by atoms with E-state index in [1.807, 2.05) is 24.3 Å². The van der Waals surface area contributed by atoms with Gasteiger partial charge >= 0.3 is 0 Å². The maximum absolute atomic E-state index is 14.1. The number of benzene rings is 2. The first-order valence-electron chi connectivity index (χ1n) is 6.95. The summed E-state index contributed by atoms with van der Waals surface area (Å²) in [6, 6.07) is 15.4. The second kappa shape index (κ2) is 8.82. The predicted molar refractivity (Wildman–Crippen MR) is 86.0 cm³/mol. The van der Waals surface area contributed by atoms with E-state index < -0.39 is 0 Å². The van der Waals surface area contributed by atoms with Crippen LogP contribution in [0.2, 0.25) is 0 Å². The summed E-state index contributed by atoms with van der Waals surface area (Å²) < 4.78 is 19.1. The van der Waals surface area contributed by atoms with Gasteiger partial charge in [0, 0.05) is 30.8 Å². The van der Waals surface area contributed by atoms with Crippen molar-refractivity contribution < 1.29 is 9.13 Å². The second-order valence-corrected chi connectivity index (χ2v) is 5.66. The first-order valence-corrected chi connectivity index (χ1v) is 7.93. The largest absolute Gasteiger partial charge is 0.383 e.